The topological polar surface area (TPSA) is 32.3 Å². The molecule has 0 radical (unpaired) electrons. The first kappa shape index (κ1) is 5.69. The molecule has 2 rings (SSSR count). The minimum atomic E-state index is -0.306. The molecule has 2 nitrogen and oxygen atoms in total. The van der Waals surface area contributed by atoms with E-state index in [1.807, 2.05) is 0 Å². The van der Waals surface area contributed by atoms with Crippen molar-refractivity contribution in [2.45, 2.75) is 24.9 Å². The van der Waals surface area contributed by atoms with Crippen molar-refractivity contribution in [3.8, 4) is 0 Å². The van der Waals surface area contributed by atoms with Crippen molar-refractivity contribution in [2.75, 3.05) is 13.1 Å². The molecule has 1 saturated carbocycles. The summed E-state index contributed by atoms with van der Waals surface area (Å²) in [5, 5.41) is 13.0. The molecule has 2 N–H and O–H groups in total. The maximum Gasteiger partial charge on any atom is 0.0811 e. The van der Waals surface area contributed by atoms with Crippen LogP contribution in [0, 0.1) is 5.92 Å². The van der Waals surface area contributed by atoms with Gasteiger partial charge in [-0.05, 0) is 31.7 Å². The molecule has 0 aromatic carbocycles. The van der Waals surface area contributed by atoms with Crippen molar-refractivity contribution < 1.29 is 5.11 Å². The minimum Gasteiger partial charge on any atom is -0.388 e. The first-order chi connectivity index (χ1) is 4.31. The van der Waals surface area contributed by atoms with Crippen LogP contribution in [0.4, 0.5) is 0 Å². The molecular weight excluding hydrogens is 114 g/mol. The van der Waals surface area contributed by atoms with Gasteiger partial charge in [-0.15, -0.1) is 0 Å². The Balaban J connectivity index is 2.02. The lowest BCUT2D eigenvalue weighted by atomic mass is 9.97. The molecule has 0 unspecified atom stereocenters. The van der Waals surface area contributed by atoms with E-state index in [2.05, 4.69) is 5.32 Å². The average molecular weight is 127 g/mol. The molecule has 0 spiro atoms. The molecule has 2 aliphatic rings. The number of hydrogen-bond donors (Lipinski definition) is 2. The van der Waals surface area contributed by atoms with E-state index in [9.17, 15) is 5.11 Å². The van der Waals surface area contributed by atoms with E-state index < -0.39 is 0 Å². The number of nitrogens with one attached hydrogen (secondary N) is 1. The van der Waals surface area contributed by atoms with Gasteiger partial charge in [0, 0.05) is 6.54 Å². The molecule has 2 heteroatoms. The molecule has 1 aliphatic carbocycles. The normalized spacial score (nSPS) is 43.7. The van der Waals surface area contributed by atoms with Gasteiger partial charge < -0.3 is 10.4 Å². The molecule has 0 bridgehead atoms. The zero-order chi connectivity index (χ0) is 6.32. The third kappa shape index (κ3) is 0.864. The van der Waals surface area contributed by atoms with Crippen molar-refractivity contribution in [1.29, 1.82) is 0 Å². The van der Waals surface area contributed by atoms with Gasteiger partial charge in [-0.3, -0.25) is 0 Å². The van der Waals surface area contributed by atoms with Gasteiger partial charge in [0.05, 0.1) is 5.60 Å². The van der Waals surface area contributed by atoms with Gasteiger partial charge >= 0.3 is 0 Å². The lowest BCUT2D eigenvalue weighted by Crippen LogP contribution is -2.33. The number of β-amino-alcohol motifs (C(OH)–C–C–N with tert-alkyl or cyclic N) is 1. The van der Waals surface area contributed by atoms with Crippen LogP contribution in [0.1, 0.15) is 19.3 Å². The molecule has 9 heavy (non-hydrogen) atoms. The van der Waals surface area contributed by atoms with Gasteiger partial charge in [0.15, 0.2) is 0 Å². The summed E-state index contributed by atoms with van der Waals surface area (Å²) in [5.41, 5.74) is -0.306. The molecule has 0 amide bonds. The summed E-state index contributed by atoms with van der Waals surface area (Å²) >= 11 is 0. The second-order valence-corrected chi connectivity index (χ2v) is 3.30. The lowest BCUT2D eigenvalue weighted by Gasteiger charge is -2.19. The van der Waals surface area contributed by atoms with Crippen LogP contribution >= 0.6 is 0 Å². The summed E-state index contributed by atoms with van der Waals surface area (Å²) in [5.74, 6) is 0.632. The molecular formula is C7H13NO. The average Bonchev–Trinajstić information content (AvgIpc) is 2.60. The van der Waals surface area contributed by atoms with E-state index in [0.717, 1.165) is 19.5 Å². The maximum atomic E-state index is 9.77. The fourth-order valence-electron chi connectivity index (χ4n) is 1.67. The van der Waals surface area contributed by atoms with E-state index in [-0.39, 0.29) is 5.60 Å². The van der Waals surface area contributed by atoms with Crippen molar-refractivity contribution in [3.63, 3.8) is 0 Å². The highest BCUT2D eigenvalue weighted by Crippen LogP contribution is 2.42. The third-order valence-corrected chi connectivity index (χ3v) is 2.50. The smallest absolute Gasteiger partial charge is 0.0811 e. The van der Waals surface area contributed by atoms with Crippen molar-refractivity contribution >= 4 is 0 Å². The summed E-state index contributed by atoms with van der Waals surface area (Å²) in [4.78, 5) is 0. The van der Waals surface area contributed by atoms with Gasteiger partial charge in [-0.2, -0.15) is 0 Å². The molecule has 2 fully saturated rings. The monoisotopic (exact) mass is 127 g/mol. The van der Waals surface area contributed by atoms with E-state index in [1.165, 1.54) is 12.8 Å². The number of aliphatic hydroxyl groups is 1. The molecule has 0 aromatic heterocycles. The Bertz CT molecular complexity index is 114. The summed E-state index contributed by atoms with van der Waals surface area (Å²) in [6.07, 6.45) is 3.47. The van der Waals surface area contributed by atoms with Crippen LogP contribution in [-0.4, -0.2) is 23.8 Å². The Hall–Kier alpha value is -0.0800. The number of rotatable bonds is 1. The fourth-order valence-corrected chi connectivity index (χ4v) is 1.67. The predicted octanol–water partition coefficient (Wildman–Crippen LogP) is 0.121. The van der Waals surface area contributed by atoms with Crippen LogP contribution in [0.25, 0.3) is 0 Å². The first-order valence-electron chi connectivity index (χ1n) is 3.74. The molecule has 0 aromatic rings. The first-order valence-corrected chi connectivity index (χ1v) is 3.74. The highest BCUT2D eigenvalue weighted by Gasteiger charge is 2.45. The Morgan fingerprint density at radius 2 is 2.22 bits per heavy atom. The summed E-state index contributed by atoms with van der Waals surface area (Å²) in [7, 11) is 0. The largest absolute Gasteiger partial charge is 0.388 e. The van der Waals surface area contributed by atoms with Crippen LogP contribution in [0.2, 0.25) is 0 Å². The molecule has 1 heterocycles. The predicted molar refractivity (Wildman–Crippen MR) is 35.2 cm³/mol. The summed E-state index contributed by atoms with van der Waals surface area (Å²) < 4.78 is 0. The van der Waals surface area contributed by atoms with Gasteiger partial charge in [-0.1, -0.05) is 0 Å². The molecule has 1 atom stereocenters. The molecule has 1 aliphatic heterocycles. The highest BCUT2D eigenvalue weighted by atomic mass is 16.3. The summed E-state index contributed by atoms with van der Waals surface area (Å²) in [6.45, 7) is 1.84. The maximum absolute atomic E-state index is 9.77. The van der Waals surface area contributed by atoms with Gasteiger partial charge in [0.2, 0.25) is 0 Å². The zero-order valence-corrected chi connectivity index (χ0v) is 5.56. The van der Waals surface area contributed by atoms with Gasteiger partial charge in [0.1, 0.15) is 0 Å². The van der Waals surface area contributed by atoms with Crippen LogP contribution in [-0.2, 0) is 0 Å². The second kappa shape index (κ2) is 1.70. The van der Waals surface area contributed by atoms with E-state index in [4.69, 9.17) is 0 Å². The minimum absolute atomic E-state index is 0.306. The van der Waals surface area contributed by atoms with E-state index in [1.54, 1.807) is 0 Å². The summed E-state index contributed by atoms with van der Waals surface area (Å²) in [6, 6.07) is 0. The number of hydrogen-bond acceptors (Lipinski definition) is 2. The molecule has 1 saturated heterocycles. The van der Waals surface area contributed by atoms with E-state index in [0.29, 0.717) is 5.92 Å². The lowest BCUT2D eigenvalue weighted by molar-refractivity contribution is 0.0383. The SMILES string of the molecule is O[C@@]1(C2CC2)CCNC1. The Morgan fingerprint density at radius 1 is 1.44 bits per heavy atom. The van der Waals surface area contributed by atoms with Crippen LogP contribution in [0.3, 0.4) is 0 Å². The van der Waals surface area contributed by atoms with Crippen LogP contribution in [0.5, 0.6) is 0 Å². The fraction of sp³-hybridized carbons (Fsp3) is 1.00. The van der Waals surface area contributed by atoms with Crippen LogP contribution in [0.15, 0.2) is 0 Å². The standard InChI is InChI=1S/C7H13NO/c9-7(6-1-2-6)3-4-8-5-7/h6,8-9H,1-5H2/t7-/m0/s1. The van der Waals surface area contributed by atoms with Crippen LogP contribution < -0.4 is 5.32 Å². The highest BCUT2D eigenvalue weighted by molar-refractivity contribution is 4.99. The van der Waals surface area contributed by atoms with Crippen molar-refractivity contribution in [3.05, 3.63) is 0 Å². The van der Waals surface area contributed by atoms with Crippen molar-refractivity contribution in [1.82, 2.24) is 5.32 Å². The molecule has 52 valence electrons. The van der Waals surface area contributed by atoms with E-state index >= 15 is 0 Å². The quantitative estimate of drug-likeness (QED) is 0.524. The zero-order valence-electron chi connectivity index (χ0n) is 5.56. The third-order valence-electron chi connectivity index (χ3n) is 2.50. The Kier molecular flexibility index (Phi) is 1.08. The second-order valence-electron chi connectivity index (χ2n) is 3.30. The Morgan fingerprint density at radius 3 is 2.67 bits per heavy atom. The van der Waals surface area contributed by atoms with Gasteiger partial charge in [0.25, 0.3) is 0 Å². The van der Waals surface area contributed by atoms with Gasteiger partial charge in [-0.25, -0.2) is 0 Å². The Labute approximate surface area is 55.3 Å². The van der Waals surface area contributed by atoms with Crippen molar-refractivity contribution in [2.24, 2.45) is 5.92 Å².